The predicted molar refractivity (Wildman–Crippen MR) is 53.2 cm³/mol. The first-order valence-corrected chi connectivity index (χ1v) is 4.44. The molecule has 0 radical (unpaired) electrons. The van der Waals surface area contributed by atoms with Crippen molar-refractivity contribution in [1.82, 2.24) is 0 Å². The predicted octanol–water partition coefficient (Wildman–Crippen LogP) is 0.986. The van der Waals surface area contributed by atoms with E-state index in [9.17, 15) is 4.79 Å². The van der Waals surface area contributed by atoms with Gasteiger partial charge in [0.05, 0.1) is 24.7 Å². The number of aliphatic hydroxyl groups excluding tert-OH is 1. The Labute approximate surface area is 87.4 Å². The Balaban J connectivity index is 3.30. The van der Waals surface area contributed by atoms with Crippen molar-refractivity contribution in [2.45, 2.75) is 20.0 Å². The summed E-state index contributed by atoms with van der Waals surface area (Å²) in [5, 5.41) is 26.7. The van der Waals surface area contributed by atoms with E-state index < -0.39 is 5.97 Å². The van der Waals surface area contributed by atoms with Gasteiger partial charge in [-0.2, -0.15) is 5.26 Å². The number of hydrogen-bond donors (Lipinski definition) is 2. The summed E-state index contributed by atoms with van der Waals surface area (Å²) in [5.74, 6) is -0.987. The monoisotopic (exact) mass is 205 g/mol. The molecule has 78 valence electrons. The Morgan fingerprint density at radius 1 is 1.53 bits per heavy atom. The van der Waals surface area contributed by atoms with Crippen molar-refractivity contribution in [3.8, 4) is 6.07 Å². The minimum Gasteiger partial charge on any atom is -0.481 e. The number of carboxylic acids is 1. The normalized spacial score (nSPS) is 9.67. The van der Waals surface area contributed by atoms with Gasteiger partial charge in [0.25, 0.3) is 0 Å². The molecular formula is C11H11NO3. The average Bonchev–Trinajstić information content (AvgIpc) is 2.19. The zero-order valence-corrected chi connectivity index (χ0v) is 8.32. The molecule has 1 rings (SSSR count). The van der Waals surface area contributed by atoms with Gasteiger partial charge in [0.15, 0.2) is 0 Å². The summed E-state index contributed by atoms with van der Waals surface area (Å²) in [4.78, 5) is 10.5. The van der Waals surface area contributed by atoms with E-state index in [0.29, 0.717) is 11.1 Å². The lowest BCUT2D eigenvalue weighted by Gasteiger charge is -2.08. The molecular weight excluding hydrogens is 194 g/mol. The van der Waals surface area contributed by atoms with Gasteiger partial charge in [-0.05, 0) is 23.6 Å². The Morgan fingerprint density at radius 3 is 2.67 bits per heavy atom. The van der Waals surface area contributed by atoms with Crippen LogP contribution in [0.2, 0.25) is 0 Å². The third kappa shape index (κ3) is 2.33. The smallest absolute Gasteiger partial charge is 0.307 e. The standard InChI is InChI=1S/C11H11NO3/c1-7-2-3-8(4-11(14)15)9(5-12)10(7)6-13/h2-3,13H,4,6H2,1H3,(H,14,15). The summed E-state index contributed by atoms with van der Waals surface area (Å²) in [5.41, 5.74) is 2.03. The second-order valence-corrected chi connectivity index (χ2v) is 3.24. The van der Waals surface area contributed by atoms with Gasteiger partial charge in [0.1, 0.15) is 0 Å². The quantitative estimate of drug-likeness (QED) is 0.770. The van der Waals surface area contributed by atoms with Crippen molar-refractivity contribution in [3.05, 3.63) is 34.4 Å². The van der Waals surface area contributed by atoms with E-state index in [0.717, 1.165) is 5.56 Å². The SMILES string of the molecule is Cc1ccc(CC(=O)O)c(C#N)c1CO. The number of aliphatic hydroxyl groups is 1. The zero-order chi connectivity index (χ0) is 11.4. The maximum absolute atomic E-state index is 10.5. The van der Waals surface area contributed by atoms with Crippen LogP contribution in [0.5, 0.6) is 0 Å². The molecule has 0 atom stereocenters. The third-order valence-corrected chi connectivity index (χ3v) is 2.25. The molecule has 0 amide bonds. The van der Waals surface area contributed by atoms with Crippen molar-refractivity contribution in [2.75, 3.05) is 0 Å². The van der Waals surface area contributed by atoms with Crippen molar-refractivity contribution < 1.29 is 15.0 Å². The van der Waals surface area contributed by atoms with E-state index in [1.165, 1.54) is 0 Å². The molecule has 0 fully saturated rings. The van der Waals surface area contributed by atoms with Crippen molar-refractivity contribution in [1.29, 1.82) is 5.26 Å². The summed E-state index contributed by atoms with van der Waals surface area (Å²) in [6.45, 7) is 1.53. The summed E-state index contributed by atoms with van der Waals surface area (Å²) >= 11 is 0. The summed E-state index contributed by atoms with van der Waals surface area (Å²) in [6.07, 6.45) is -0.198. The van der Waals surface area contributed by atoms with Gasteiger partial charge in [0.2, 0.25) is 0 Å². The van der Waals surface area contributed by atoms with E-state index >= 15 is 0 Å². The molecule has 0 spiro atoms. The Morgan fingerprint density at radius 2 is 2.20 bits per heavy atom. The van der Waals surface area contributed by atoms with Crippen LogP contribution in [0.15, 0.2) is 12.1 Å². The van der Waals surface area contributed by atoms with E-state index in [1.54, 1.807) is 19.1 Å². The van der Waals surface area contributed by atoms with Crippen LogP contribution < -0.4 is 0 Å². The molecule has 0 saturated carbocycles. The van der Waals surface area contributed by atoms with Gasteiger partial charge in [-0.3, -0.25) is 4.79 Å². The van der Waals surface area contributed by atoms with E-state index in [2.05, 4.69) is 0 Å². The number of rotatable bonds is 3. The van der Waals surface area contributed by atoms with Crippen LogP contribution in [0.25, 0.3) is 0 Å². The number of aliphatic carboxylic acids is 1. The Kier molecular flexibility index (Phi) is 3.42. The molecule has 2 N–H and O–H groups in total. The highest BCUT2D eigenvalue weighted by atomic mass is 16.4. The van der Waals surface area contributed by atoms with Gasteiger partial charge in [-0.25, -0.2) is 0 Å². The lowest BCUT2D eigenvalue weighted by molar-refractivity contribution is -0.136. The molecule has 1 aromatic rings. The molecule has 4 nitrogen and oxygen atoms in total. The van der Waals surface area contributed by atoms with Gasteiger partial charge in [-0.1, -0.05) is 12.1 Å². The van der Waals surface area contributed by atoms with Crippen molar-refractivity contribution in [2.24, 2.45) is 0 Å². The fourth-order valence-corrected chi connectivity index (χ4v) is 1.45. The second-order valence-electron chi connectivity index (χ2n) is 3.24. The summed E-state index contributed by atoms with van der Waals surface area (Å²) < 4.78 is 0. The molecule has 1 aromatic carbocycles. The van der Waals surface area contributed by atoms with Crippen molar-refractivity contribution in [3.63, 3.8) is 0 Å². The molecule has 15 heavy (non-hydrogen) atoms. The van der Waals surface area contributed by atoms with Crippen LogP contribution in [0.4, 0.5) is 0 Å². The lowest BCUT2D eigenvalue weighted by atomic mass is 9.96. The van der Waals surface area contributed by atoms with Crippen LogP contribution in [0, 0.1) is 18.3 Å². The van der Waals surface area contributed by atoms with Crippen LogP contribution in [-0.4, -0.2) is 16.2 Å². The van der Waals surface area contributed by atoms with Gasteiger partial charge < -0.3 is 10.2 Å². The first-order chi connectivity index (χ1) is 7.10. The number of nitrogens with zero attached hydrogens (tertiary/aromatic N) is 1. The van der Waals surface area contributed by atoms with Crippen LogP contribution in [-0.2, 0) is 17.8 Å². The number of carboxylic acid groups (broad SMARTS) is 1. The van der Waals surface area contributed by atoms with Gasteiger partial charge >= 0.3 is 5.97 Å². The van der Waals surface area contributed by atoms with Gasteiger partial charge in [-0.15, -0.1) is 0 Å². The largest absolute Gasteiger partial charge is 0.481 e. The maximum Gasteiger partial charge on any atom is 0.307 e. The Hall–Kier alpha value is -1.86. The summed E-state index contributed by atoms with van der Waals surface area (Å²) in [7, 11) is 0. The lowest BCUT2D eigenvalue weighted by Crippen LogP contribution is -2.05. The second kappa shape index (κ2) is 4.58. The number of carbonyl (C=O) groups is 1. The third-order valence-electron chi connectivity index (χ3n) is 2.25. The molecule has 4 heteroatoms. The van der Waals surface area contributed by atoms with Gasteiger partial charge in [0, 0.05) is 0 Å². The van der Waals surface area contributed by atoms with Crippen LogP contribution in [0.3, 0.4) is 0 Å². The minimum atomic E-state index is -0.987. The molecule has 0 saturated heterocycles. The number of nitriles is 1. The average molecular weight is 205 g/mol. The fraction of sp³-hybridized carbons (Fsp3) is 0.273. The first kappa shape index (κ1) is 11.2. The zero-order valence-electron chi connectivity index (χ0n) is 8.32. The number of aryl methyl sites for hydroxylation is 1. The topological polar surface area (TPSA) is 81.3 Å². The molecule has 0 bridgehead atoms. The highest BCUT2D eigenvalue weighted by Crippen LogP contribution is 2.18. The maximum atomic E-state index is 10.5. The highest BCUT2D eigenvalue weighted by molar-refractivity contribution is 5.72. The molecule has 0 aliphatic heterocycles. The molecule has 0 unspecified atom stereocenters. The molecule has 0 aliphatic rings. The number of hydrogen-bond acceptors (Lipinski definition) is 3. The molecule has 0 aromatic heterocycles. The van der Waals surface area contributed by atoms with E-state index in [1.807, 2.05) is 6.07 Å². The highest BCUT2D eigenvalue weighted by Gasteiger charge is 2.12. The first-order valence-electron chi connectivity index (χ1n) is 4.44. The number of benzene rings is 1. The van der Waals surface area contributed by atoms with Crippen LogP contribution >= 0.6 is 0 Å². The Bertz CT molecular complexity index is 432. The van der Waals surface area contributed by atoms with Crippen molar-refractivity contribution >= 4 is 5.97 Å². The van der Waals surface area contributed by atoms with Crippen LogP contribution in [0.1, 0.15) is 22.3 Å². The summed E-state index contributed by atoms with van der Waals surface area (Å²) in [6, 6.07) is 5.26. The van der Waals surface area contributed by atoms with E-state index in [4.69, 9.17) is 15.5 Å². The molecule has 0 heterocycles. The van der Waals surface area contributed by atoms with E-state index in [-0.39, 0.29) is 18.6 Å². The minimum absolute atomic E-state index is 0.198. The fourth-order valence-electron chi connectivity index (χ4n) is 1.45. The molecule has 0 aliphatic carbocycles.